The van der Waals surface area contributed by atoms with Crippen LogP contribution >= 0.6 is 0 Å². The van der Waals surface area contributed by atoms with Crippen LogP contribution in [0.3, 0.4) is 0 Å². The molecule has 0 aliphatic carbocycles. The van der Waals surface area contributed by atoms with E-state index in [1.165, 1.54) is 41.0 Å². The second-order valence-electron chi connectivity index (χ2n) is 25.3. The first-order valence-electron chi connectivity index (χ1n) is 31.0. The van der Waals surface area contributed by atoms with E-state index >= 15 is 0 Å². The summed E-state index contributed by atoms with van der Waals surface area (Å²) in [4.78, 5) is 141. The molecule has 0 aromatic carbocycles. The van der Waals surface area contributed by atoms with Crippen molar-refractivity contribution < 1.29 is 58.2 Å². The quantitative estimate of drug-likeness (QED) is 0.0390. The first kappa shape index (κ1) is 75.8. The minimum Gasteiger partial charge on any atom is -0.395 e. The molecule has 12 atom stereocenters. The number of nitrogens with zero attached hydrogens (tertiary/aromatic N) is 2. The number of unbranched alkanes of at least 4 members (excludes halogenated alkanes) is 5. The van der Waals surface area contributed by atoms with Crippen LogP contribution in [0.1, 0.15) is 207 Å². The number of ketones is 1. The van der Waals surface area contributed by atoms with Crippen LogP contribution in [0.25, 0.3) is 0 Å². The predicted octanol–water partition coefficient (Wildman–Crippen LogP) is 3.92. The Kier molecular flexibility index (Phi) is 34.0. The summed E-state index contributed by atoms with van der Waals surface area (Å²) in [6, 6.07) is -7.15. The van der Waals surface area contributed by atoms with Gasteiger partial charge in [-0.25, -0.2) is 0 Å². The molecule has 22 nitrogen and oxygen atoms in total. The van der Waals surface area contributed by atoms with E-state index < -0.39 is 118 Å². The molecule has 83 heavy (non-hydrogen) atoms. The average Bonchev–Trinajstić information content (AvgIpc) is 4.06. The summed E-state index contributed by atoms with van der Waals surface area (Å²) in [7, 11) is 1.81. The van der Waals surface area contributed by atoms with Crippen LogP contribution in [-0.2, 0) is 47.9 Å². The Labute approximate surface area is 497 Å². The highest BCUT2D eigenvalue weighted by Gasteiger charge is 2.42. The van der Waals surface area contributed by atoms with Gasteiger partial charge in [-0.1, -0.05) is 121 Å². The standard InChI is InChI=1S/C61H112N10O12/c1-18-22-23-24-25-26-28-41(10)57(81)71-30-27-29-47(71)53(77)64-46(34-38(7)33-45(74)35-44(73)21-4)52(76)63-43(12)51(75)65-48(37(5)6)54(78)66-49(39(8)19-2)55(79)67-50(40(9)20-3)56(80)68-61(15,16)59(83)69-60(13,14)58(82)62-42(11)36-70(17)31-32-72/h37-43,45-50,72,74H,18-36H2,1-17H3,(H,62,82)(H,63,76)(H,64,77)(H,65,75)(H,66,78)(H,67,79)(H,68,80)(H,69,83)/t38?,39-,40-,41?,42?,43-,45?,46?,47-,48-,49-,50-/m0/s1. The van der Waals surface area contributed by atoms with Crippen molar-refractivity contribution in [3.63, 3.8) is 0 Å². The minimum atomic E-state index is -1.57. The Morgan fingerprint density at radius 1 is 0.627 bits per heavy atom. The lowest BCUT2D eigenvalue weighted by atomic mass is 9.92. The molecule has 0 radical (unpaired) electrons. The lowest BCUT2D eigenvalue weighted by molar-refractivity contribution is -0.142. The number of hydrogen-bond acceptors (Lipinski definition) is 13. The zero-order valence-electron chi connectivity index (χ0n) is 53.8. The number of amides is 9. The maximum Gasteiger partial charge on any atom is 0.246 e. The average molecular weight is 1180 g/mol. The van der Waals surface area contributed by atoms with Crippen molar-refractivity contribution in [1.82, 2.24) is 52.3 Å². The number of carbonyl (C=O) groups is 10. The molecule has 1 rings (SSSR count). The van der Waals surface area contributed by atoms with Crippen molar-refractivity contribution in [2.45, 2.75) is 267 Å². The van der Waals surface area contributed by atoms with E-state index in [0.29, 0.717) is 51.7 Å². The van der Waals surface area contributed by atoms with E-state index in [9.17, 15) is 58.2 Å². The molecule has 10 N–H and O–H groups in total. The molecule has 1 heterocycles. The molecule has 1 saturated heterocycles. The molecule has 0 saturated carbocycles. The normalized spacial score (nSPS) is 17.7. The monoisotopic (exact) mass is 1180 g/mol. The number of aliphatic hydroxyl groups excluding tert-OH is 2. The minimum absolute atomic E-state index is 0.0334. The van der Waals surface area contributed by atoms with Crippen LogP contribution in [0, 0.1) is 29.6 Å². The number of likely N-dealkylation sites (N-methyl/N-ethyl adjacent to an activating group) is 1. The van der Waals surface area contributed by atoms with Crippen molar-refractivity contribution in [3.05, 3.63) is 0 Å². The van der Waals surface area contributed by atoms with Gasteiger partial charge in [0.05, 0.1) is 12.7 Å². The summed E-state index contributed by atoms with van der Waals surface area (Å²) in [6.07, 6.45) is 8.52. The summed E-state index contributed by atoms with van der Waals surface area (Å²) >= 11 is 0. The Bertz CT molecular complexity index is 2110. The largest absolute Gasteiger partial charge is 0.395 e. The SMILES string of the molecule is CCCCCCCCC(C)C(=O)N1CCC[C@H]1C(=O)NC(CC(C)CC(O)CC(=O)CC)C(=O)N[C@@H](C)C(=O)N[C@H](C(=O)N[C@H](C(=O)N[C@H](C(=O)NC(C)(C)C(=O)NC(C)(C)C(=O)NC(C)CN(C)CCO)[C@@H](C)CC)[C@@H](C)CC)C(C)C. The predicted molar refractivity (Wildman–Crippen MR) is 322 cm³/mol. The molecular formula is C61H112N10O12. The number of carbonyl (C=O) groups excluding carboxylic acids is 10. The van der Waals surface area contributed by atoms with E-state index in [1.807, 2.05) is 25.7 Å². The van der Waals surface area contributed by atoms with Gasteiger partial charge in [0.2, 0.25) is 53.2 Å². The van der Waals surface area contributed by atoms with Gasteiger partial charge in [-0.15, -0.1) is 0 Å². The summed E-state index contributed by atoms with van der Waals surface area (Å²) < 4.78 is 0. The van der Waals surface area contributed by atoms with Crippen LogP contribution in [0.2, 0.25) is 0 Å². The number of nitrogens with one attached hydrogen (secondary N) is 8. The van der Waals surface area contributed by atoms with Crippen molar-refractivity contribution in [2.75, 3.05) is 33.3 Å². The number of Topliss-reactive ketones (excluding diaryl/α,β-unsaturated/α-hetero) is 1. The molecule has 22 heteroatoms. The Morgan fingerprint density at radius 3 is 1.72 bits per heavy atom. The molecule has 1 fully saturated rings. The third-order valence-corrected chi connectivity index (χ3v) is 16.1. The highest BCUT2D eigenvalue weighted by molar-refractivity contribution is 5.99. The van der Waals surface area contributed by atoms with E-state index in [4.69, 9.17) is 0 Å². The summed E-state index contributed by atoms with van der Waals surface area (Å²) in [5.41, 5.74) is -2.97. The molecule has 9 amide bonds. The van der Waals surface area contributed by atoms with E-state index in [-0.39, 0.29) is 61.9 Å². The molecule has 1 aliphatic heterocycles. The van der Waals surface area contributed by atoms with Gasteiger partial charge in [-0.3, -0.25) is 47.9 Å². The lowest BCUT2D eigenvalue weighted by Gasteiger charge is -2.35. The Balaban J connectivity index is 3.31. The van der Waals surface area contributed by atoms with Crippen LogP contribution in [0.4, 0.5) is 0 Å². The number of aliphatic hydroxyl groups is 2. The molecule has 0 spiro atoms. The van der Waals surface area contributed by atoms with Gasteiger partial charge in [-0.05, 0) is 104 Å². The van der Waals surface area contributed by atoms with Crippen molar-refractivity contribution in [2.24, 2.45) is 29.6 Å². The first-order valence-corrected chi connectivity index (χ1v) is 31.0. The third kappa shape index (κ3) is 26.3. The second-order valence-corrected chi connectivity index (χ2v) is 25.3. The Morgan fingerprint density at radius 2 is 1.17 bits per heavy atom. The van der Waals surface area contributed by atoms with Gasteiger partial charge in [0, 0.05) is 44.4 Å². The third-order valence-electron chi connectivity index (χ3n) is 16.1. The highest BCUT2D eigenvalue weighted by Crippen LogP contribution is 2.24. The molecule has 5 unspecified atom stereocenters. The summed E-state index contributed by atoms with van der Waals surface area (Å²) in [5, 5.41) is 42.2. The fourth-order valence-corrected chi connectivity index (χ4v) is 10.1. The molecule has 0 bridgehead atoms. The highest BCUT2D eigenvalue weighted by atomic mass is 16.3. The van der Waals surface area contributed by atoms with Gasteiger partial charge in [-0.2, -0.15) is 0 Å². The van der Waals surface area contributed by atoms with Crippen LogP contribution in [0.15, 0.2) is 0 Å². The zero-order valence-corrected chi connectivity index (χ0v) is 53.8. The zero-order chi connectivity index (χ0) is 63.5. The number of rotatable bonds is 40. The first-order chi connectivity index (χ1) is 38.7. The van der Waals surface area contributed by atoms with Gasteiger partial charge in [0.1, 0.15) is 53.1 Å². The molecular weight excluding hydrogens is 1060 g/mol. The molecule has 478 valence electrons. The fraction of sp³-hybridized carbons (Fsp3) is 0.836. The molecule has 0 aromatic rings. The maximum absolute atomic E-state index is 14.3. The van der Waals surface area contributed by atoms with Crippen LogP contribution in [0.5, 0.6) is 0 Å². The molecule has 1 aliphatic rings. The van der Waals surface area contributed by atoms with E-state index in [2.05, 4.69) is 49.5 Å². The van der Waals surface area contributed by atoms with Gasteiger partial charge in [0.25, 0.3) is 0 Å². The van der Waals surface area contributed by atoms with Crippen LogP contribution in [-0.4, -0.2) is 172 Å². The van der Waals surface area contributed by atoms with Gasteiger partial charge < -0.3 is 62.5 Å². The second kappa shape index (κ2) is 37.3. The van der Waals surface area contributed by atoms with Gasteiger partial charge in [0.15, 0.2) is 0 Å². The van der Waals surface area contributed by atoms with Crippen molar-refractivity contribution in [1.29, 1.82) is 0 Å². The summed E-state index contributed by atoms with van der Waals surface area (Å²) in [5.74, 6) is -7.50. The van der Waals surface area contributed by atoms with Crippen LogP contribution < -0.4 is 42.5 Å². The van der Waals surface area contributed by atoms with Crippen molar-refractivity contribution >= 4 is 58.9 Å². The summed E-state index contributed by atoms with van der Waals surface area (Å²) in [6.45, 7) is 28.6. The maximum atomic E-state index is 14.3. The van der Waals surface area contributed by atoms with Gasteiger partial charge >= 0.3 is 0 Å². The number of hydrogen-bond donors (Lipinski definition) is 10. The van der Waals surface area contributed by atoms with E-state index in [0.717, 1.165) is 32.1 Å². The smallest absolute Gasteiger partial charge is 0.246 e. The topological polar surface area (TPSA) is 314 Å². The van der Waals surface area contributed by atoms with E-state index in [1.54, 1.807) is 60.4 Å². The lowest BCUT2D eigenvalue weighted by Crippen LogP contribution is -2.66. The van der Waals surface area contributed by atoms with Crippen molar-refractivity contribution in [3.8, 4) is 0 Å². The number of likely N-dealkylation sites (tertiary alicyclic amines) is 1. The fourth-order valence-electron chi connectivity index (χ4n) is 10.1. The Hall–Kier alpha value is -5.22. The molecule has 0 aromatic heterocycles.